The predicted octanol–water partition coefficient (Wildman–Crippen LogP) is 2.76. The highest BCUT2D eigenvalue weighted by Gasteiger charge is 2.42. The van der Waals surface area contributed by atoms with Gasteiger partial charge in [-0.3, -0.25) is 9.59 Å². The van der Waals surface area contributed by atoms with Crippen molar-refractivity contribution in [2.24, 2.45) is 17.8 Å². The van der Waals surface area contributed by atoms with Crippen LogP contribution in [0.2, 0.25) is 0 Å². The van der Waals surface area contributed by atoms with Crippen molar-refractivity contribution in [1.29, 1.82) is 0 Å². The van der Waals surface area contributed by atoms with Gasteiger partial charge in [-0.1, -0.05) is 6.42 Å². The van der Waals surface area contributed by atoms with E-state index in [9.17, 15) is 14.4 Å². The summed E-state index contributed by atoms with van der Waals surface area (Å²) in [6, 6.07) is 4.80. The van der Waals surface area contributed by atoms with E-state index in [0.717, 1.165) is 11.8 Å². The SMILES string of the molecule is COc1cc(C(C)=O)ccc1OCC(=O)OCC(=O)N[C@H](C)[C@@H]1C[C@H]2CC[C@H]1C2. The van der Waals surface area contributed by atoms with Crippen molar-refractivity contribution in [3.63, 3.8) is 0 Å². The van der Waals surface area contributed by atoms with E-state index in [4.69, 9.17) is 14.2 Å². The van der Waals surface area contributed by atoms with Crippen LogP contribution >= 0.6 is 0 Å². The van der Waals surface area contributed by atoms with E-state index in [1.165, 1.54) is 39.7 Å². The van der Waals surface area contributed by atoms with Crippen LogP contribution in [0.5, 0.6) is 11.5 Å². The molecule has 0 unspecified atom stereocenters. The maximum absolute atomic E-state index is 12.1. The molecule has 0 spiro atoms. The number of ketones is 1. The van der Waals surface area contributed by atoms with Crippen LogP contribution < -0.4 is 14.8 Å². The number of hydrogen-bond donors (Lipinski definition) is 1. The molecule has 0 heterocycles. The number of nitrogens with one attached hydrogen (secondary N) is 1. The van der Waals surface area contributed by atoms with Gasteiger partial charge >= 0.3 is 5.97 Å². The highest BCUT2D eigenvalue weighted by Crippen LogP contribution is 2.49. The average Bonchev–Trinajstić information content (AvgIpc) is 3.34. The summed E-state index contributed by atoms with van der Waals surface area (Å²) in [6.45, 7) is 2.81. The molecule has 3 rings (SSSR count). The summed E-state index contributed by atoms with van der Waals surface area (Å²) in [5.74, 6) is 1.70. The molecule has 2 bridgehead atoms. The van der Waals surface area contributed by atoms with Gasteiger partial charge in [-0.2, -0.15) is 0 Å². The molecule has 7 nitrogen and oxygen atoms in total. The summed E-state index contributed by atoms with van der Waals surface area (Å²) in [4.78, 5) is 35.5. The summed E-state index contributed by atoms with van der Waals surface area (Å²) in [5.41, 5.74) is 0.484. The Morgan fingerprint density at radius 3 is 2.55 bits per heavy atom. The molecule has 2 saturated carbocycles. The van der Waals surface area contributed by atoms with Crippen LogP contribution in [0.15, 0.2) is 18.2 Å². The molecule has 0 aromatic heterocycles. The van der Waals surface area contributed by atoms with Crippen molar-refractivity contribution in [3.05, 3.63) is 23.8 Å². The molecule has 158 valence electrons. The minimum absolute atomic E-state index is 0.0943. The smallest absolute Gasteiger partial charge is 0.344 e. The lowest BCUT2D eigenvalue weighted by molar-refractivity contribution is -0.150. The molecule has 2 aliphatic rings. The van der Waals surface area contributed by atoms with Crippen LogP contribution in [0.4, 0.5) is 0 Å². The lowest BCUT2D eigenvalue weighted by atomic mass is 9.84. The number of ether oxygens (including phenoxy) is 3. The fraction of sp³-hybridized carbons (Fsp3) is 0.591. The zero-order valence-electron chi connectivity index (χ0n) is 17.2. The Bertz CT molecular complexity index is 777. The lowest BCUT2D eigenvalue weighted by Crippen LogP contribution is -2.42. The summed E-state index contributed by atoms with van der Waals surface area (Å²) < 4.78 is 15.6. The second-order valence-electron chi connectivity index (χ2n) is 8.07. The van der Waals surface area contributed by atoms with Crippen LogP contribution in [0.25, 0.3) is 0 Å². The molecule has 29 heavy (non-hydrogen) atoms. The minimum atomic E-state index is -0.648. The van der Waals surface area contributed by atoms with Gasteiger partial charge in [0.15, 0.2) is 30.5 Å². The third-order valence-electron chi connectivity index (χ3n) is 6.10. The molecular formula is C22H29NO6. The Labute approximate surface area is 171 Å². The summed E-state index contributed by atoms with van der Waals surface area (Å²) >= 11 is 0. The average molecular weight is 403 g/mol. The van der Waals surface area contributed by atoms with E-state index < -0.39 is 5.97 Å². The number of esters is 1. The quantitative estimate of drug-likeness (QED) is 0.504. The number of carbonyl (C=O) groups excluding carboxylic acids is 3. The van der Waals surface area contributed by atoms with E-state index in [1.54, 1.807) is 18.2 Å². The molecule has 2 aliphatic carbocycles. The molecule has 0 radical (unpaired) electrons. The molecule has 0 aliphatic heterocycles. The van der Waals surface area contributed by atoms with Gasteiger partial charge in [0.05, 0.1) is 7.11 Å². The maximum Gasteiger partial charge on any atom is 0.344 e. The van der Waals surface area contributed by atoms with Crippen molar-refractivity contribution < 1.29 is 28.6 Å². The Morgan fingerprint density at radius 2 is 1.93 bits per heavy atom. The Kier molecular flexibility index (Phi) is 6.77. The molecule has 7 heteroatoms. The van der Waals surface area contributed by atoms with Crippen molar-refractivity contribution in [1.82, 2.24) is 5.32 Å². The van der Waals surface area contributed by atoms with Crippen LogP contribution in [0.1, 0.15) is 49.9 Å². The molecule has 0 saturated heterocycles. The Morgan fingerprint density at radius 1 is 1.14 bits per heavy atom. The van der Waals surface area contributed by atoms with Gasteiger partial charge in [0.2, 0.25) is 0 Å². The first kappa shape index (κ1) is 21.1. The molecule has 1 aromatic rings. The molecular weight excluding hydrogens is 374 g/mol. The van der Waals surface area contributed by atoms with Gasteiger partial charge in [-0.15, -0.1) is 0 Å². The zero-order chi connectivity index (χ0) is 21.0. The number of fused-ring (bicyclic) bond motifs is 2. The third kappa shape index (κ3) is 5.28. The summed E-state index contributed by atoms with van der Waals surface area (Å²) in [7, 11) is 1.45. The van der Waals surface area contributed by atoms with Gasteiger partial charge in [-0.05, 0) is 69.1 Å². The number of benzene rings is 1. The second kappa shape index (κ2) is 9.29. The first-order valence-electron chi connectivity index (χ1n) is 10.1. The first-order valence-corrected chi connectivity index (χ1v) is 10.1. The first-order chi connectivity index (χ1) is 13.9. The van der Waals surface area contributed by atoms with Gasteiger partial charge < -0.3 is 19.5 Å². The molecule has 4 atom stereocenters. The molecule has 2 fully saturated rings. The number of amides is 1. The highest BCUT2D eigenvalue weighted by atomic mass is 16.6. The van der Waals surface area contributed by atoms with Crippen molar-refractivity contribution >= 4 is 17.7 Å². The van der Waals surface area contributed by atoms with Gasteiger partial charge in [0.25, 0.3) is 5.91 Å². The Hall–Kier alpha value is -2.57. The number of carbonyl (C=O) groups is 3. The highest BCUT2D eigenvalue weighted by molar-refractivity contribution is 5.94. The molecule has 1 N–H and O–H groups in total. The van der Waals surface area contributed by atoms with Gasteiger partial charge in [0.1, 0.15) is 0 Å². The van der Waals surface area contributed by atoms with Crippen molar-refractivity contribution in [2.75, 3.05) is 20.3 Å². The molecule has 1 aromatic carbocycles. The predicted molar refractivity (Wildman–Crippen MR) is 106 cm³/mol. The monoisotopic (exact) mass is 403 g/mol. The summed E-state index contributed by atoms with van der Waals surface area (Å²) in [6.07, 6.45) is 5.05. The normalized spacial score (nSPS) is 23.3. The fourth-order valence-corrected chi connectivity index (χ4v) is 4.64. The van der Waals surface area contributed by atoms with E-state index in [2.05, 4.69) is 5.32 Å². The van der Waals surface area contributed by atoms with Crippen molar-refractivity contribution in [2.45, 2.75) is 45.6 Å². The topological polar surface area (TPSA) is 90.9 Å². The van der Waals surface area contributed by atoms with E-state index in [-0.39, 0.29) is 30.9 Å². The van der Waals surface area contributed by atoms with Crippen LogP contribution in [0.3, 0.4) is 0 Å². The number of rotatable bonds is 9. The largest absolute Gasteiger partial charge is 0.493 e. The van der Waals surface area contributed by atoms with Gasteiger partial charge in [-0.25, -0.2) is 4.79 Å². The minimum Gasteiger partial charge on any atom is -0.493 e. The van der Waals surface area contributed by atoms with Crippen LogP contribution in [-0.4, -0.2) is 44.0 Å². The second-order valence-corrected chi connectivity index (χ2v) is 8.07. The van der Waals surface area contributed by atoms with E-state index in [0.29, 0.717) is 23.0 Å². The maximum atomic E-state index is 12.1. The Balaban J connectivity index is 1.40. The fourth-order valence-electron chi connectivity index (χ4n) is 4.64. The number of hydrogen-bond acceptors (Lipinski definition) is 6. The standard InChI is InChI=1S/C22H29NO6/c1-13(18-9-15-4-5-17(18)8-15)23-21(25)11-29-22(26)12-28-19-7-6-16(14(2)24)10-20(19)27-3/h6-7,10,13,15,17-18H,4-5,8-9,11-12H2,1-3H3,(H,23,25)/t13-,15+,17+,18+/m1/s1. The lowest BCUT2D eigenvalue weighted by Gasteiger charge is -2.28. The zero-order valence-corrected chi connectivity index (χ0v) is 17.2. The van der Waals surface area contributed by atoms with Crippen LogP contribution in [0, 0.1) is 17.8 Å². The number of Topliss-reactive ketones (excluding diaryl/α,β-unsaturated/α-hetero) is 1. The van der Waals surface area contributed by atoms with E-state index >= 15 is 0 Å². The summed E-state index contributed by atoms with van der Waals surface area (Å²) in [5, 5.41) is 2.96. The number of methoxy groups -OCH3 is 1. The van der Waals surface area contributed by atoms with E-state index in [1.807, 2.05) is 6.92 Å². The third-order valence-corrected chi connectivity index (χ3v) is 6.10. The van der Waals surface area contributed by atoms with Crippen LogP contribution in [-0.2, 0) is 14.3 Å². The van der Waals surface area contributed by atoms with Gasteiger partial charge in [0, 0.05) is 11.6 Å². The van der Waals surface area contributed by atoms with Crippen molar-refractivity contribution in [3.8, 4) is 11.5 Å². The molecule has 1 amide bonds.